The van der Waals surface area contributed by atoms with E-state index in [1.54, 1.807) is 13.0 Å². The van der Waals surface area contributed by atoms with E-state index in [1.807, 2.05) is 0 Å². The Kier molecular flexibility index (Phi) is 5.16. The summed E-state index contributed by atoms with van der Waals surface area (Å²) in [6.45, 7) is 3.29. The molecule has 1 aromatic rings. The number of aryl methyl sites for hydroxylation is 1. The molecule has 2 rings (SSSR count). The van der Waals surface area contributed by atoms with Gasteiger partial charge < -0.3 is 21.1 Å². The van der Waals surface area contributed by atoms with Gasteiger partial charge in [-0.3, -0.25) is 0 Å². The van der Waals surface area contributed by atoms with Gasteiger partial charge in [0.1, 0.15) is 0 Å². The predicted molar refractivity (Wildman–Crippen MR) is 80.8 cm³/mol. The van der Waals surface area contributed by atoms with Crippen LogP contribution in [0.2, 0.25) is 0 Å². The van der Waals surface area contributed by atoms with E-state index in [0.29, 0.717) is 18.3 Å². The van der Waals surface area contributed by atoms with Crippen molar-refractivity contribution in [2.24, 2.45) is 0 Å². The third-order valence-electron chi connectivity index (χ3n) is 3.37. The Morgan fingerprint density at radius 3 is 2.67 bits per heavy atom. The van der Waals surface area contributed by atoms with Gasteiger partial charge in [0.15, 0.2) is 0 Å². The second-order valence-corrected chi connectivity index (χ2v) is 5.30. The molecule has 0 aliphatic heterocycles. The SMILES string of the molecule is Cc1cc(C(=O)O)ccc1NC(=O)NCCCNC1CC1. The highest BCUT2D eigenvalue weighted by Crippen LogP contribution is 2.18. The Bertz CT molecular complexity index is 527. The average molecular weight is 291 g/mol. The molecule has 2 amide bonds. The second kappa shape index (κ2) is 7.08. The average Bonchev–Trinajstić information content (AvgIpc) is 3.24. The van der Waals surface area contributed by atoms with Crippen molar-refractivity contribution in [3.8, 4) is 0 Å². The molecule has 114 valence electrons. The normalized spacial score (nSPS) is 13.8. The first kappa shape index (κ1) is 15.3. The summed E-state index contributed by atoms with van der Waals surface area (Å²) in [7, 11) is 0. The van der Waals surface area contributed by atoms with Crippen LogP contribution in [0.4, 0.5) is 10.5 Å². The zero-order chi connectivity index (χ0) is 15.2. The number of rotatable bonds is 7. The van der Waals surface area contributed by atoms with Crippen molar-refractivity contribution in [3.05, 3.63) is 29.3 Å². The zero-order valence-electron chi connectivity index (χ0n) is 12.1. The molecular weight excluding hydrogens is 270 g/mol. The van der Waals surface area contributed by atoms with Gasteiger partial charge in [-0.1, -0.05) is 0 Å². The number of urea groups is 1. The summed E-state index contributed by atoms with van der Waals surface area (Å²) in [5.74, 6) is -0.975. The Labute approximate surface area is 123 Å². The van der Waals surface area contributed by atoms with Crippen LogP contribution in [-0.4, -0.2) is 36.2 Å². The number of anilines is 1. The molecule has 6 heteroatoms. The maximum atomic E-state index is 11.7. The van der Waals surface area contributed by atoms with Crippen LogP contribution in [0, 0.1) is 6.92 Å². The number of carboxylic acid groups (broad SMARTS) is 1. The molecule has 0 unspecified atom stereocenters. The molecule has 0 saturated heterocycles. The van der Waals surface area contributed by atoms with Gasteiger partial charge in [-0.05, 0) is 56.5 Å². The van der Waals surface area contributed by atoms with Crippen molar-refractivity contribution in [2.45, 2.75) is 32.2 Å². The number of hydrogen-bond donors (Lipinski definition) is 4. The lowest BCUT2D eigenvalue weighted by Gasteiger charge is -2.10. The lowest BCUT2D eigenvalue weighted by atomic mass is 10.1. The van der Waals surface area contributed by atoms with Gasteiger partial charge in [0.05, 0.1) is 5.56 Å². The molecule has 0 aromatic heterocycles. The fourth-order valence-electron chi connectivity index (χ4n) is 1.99. The third-order valence-corrected chi connectivity index (χ3v) is 3.37. The third kappa shape index (κ3) is 5.07. The van der Waals surface area contributed by atoms with E-state index in [4.69, 9.17) is 5.11 Å². The van der Waals surface area contributed by atoms with Crippen LogP contribution in [0.15, 0.2) is 18.2 Å². The minimum atomic E-state index is -0.975. The van der Waals surface area contributed by atoms with E-state index >= 15 is 0 Å². The van der Waals surface area contributed by atoms with Gasteiger partial charge in [0, 0.05) is 18.3 Å². The summed E-state index contributed by atoms with van der Waals surface area (Å²) in [6, 6.07) is 5.04. The Balaban J connectivity index is 1.72. The predicted octanol–water partition coefficient (Wildman–Crippen LogP) is 1.96. The molecule has 4 N–H and O–H groups in total. The molecule has 1 aromatic carbocycles. The quantitative estimate of drug-likeness (QED) is 0.578. The zero-order valence-corrected chi connectivity index (χ0v) is 12.1. The van der Waals surface area contributed by atoms with E-state index in [1.165, 1.54) is 25.0 Å². The Hall–Kier alpha value is -2.08. The van der Waals surface area contributed by atoms with E-state index in [0.717, 1.165) is 18.5 Å². The van der Waals surface area contributed by atoms with Crippen molar-refractivity contribution in [3.63, 3.8) is 0 Å². The molecule has 0 spiro atoms. The number of carboxylic acids is 1. The molecule has 6 nitrogen and oxygen atoms in total. The smallest absolute Gasteiger partial charge is 0.335 e. The number of amides is 2. The minimum Gasteiger partial charge on any atom is -0.478 e. The van der Waals surface area contributed by atoms with Crippen LogP contribution in [-0.2, 0) is 0 Å². The monoisotopic (exact) mass is 291 g/mol. The van der Waals surface area contributed by atoms with E-state index < -0.39 is 5.97 Å². The minimum absolute atomic E-state index is 0.213. The van der Waals surface area contributed by atoms with Crippen LogP contribution < -0.4 is 16.0 Å². The lowest BCUT2D eigenvalue weighted by Crippen LogP contribution is -2.31. The van der Waals surface area contributed by atoms with E-state index in [2.05, 4.69) is 16.0 Å². The molecule has 0 heterocycles. The number of aromatic carboxylic acids is 1. The van der Waals surface area contributed by atoms with Gasteiger partial charge in [0.25, 0.3) is 0 Å². The van der Waals surface area contributed by atoms with Gasteiger partial charge in [-0.25, -0.2) is 9.59 Å². The molecule has 1 fully saturated rings. The topological polar surface area (TPSA) is 90.5 Å². The summed E-state index contributed by atoms with van der Waals surface area (Å²) in [4.78, 5) is 22.6. The highest BCUT2D eigenvalue weighted by Gasteiger charge is 2.19. The number of carbonyl (C=O) groups is 2. The molecule has 0 bridgehead atoms. The summed E-state index contributed by atoms with van der Waals surface area (Å²) >= 11 is 0. The Morgan fingerprint density at radius 1 is 1.29 bits per heavy atom. The summed E-state index contributed by atoms with van der Waals surface area (Å²) in [6.07, 6.45) is 3.42. The lowest BCUT2D eigenvalue weighted by molar-refractivity contribution is 0.0697. The molecule has 0 atom stereocenters. The number of hydrogen-bond acceptors (Lipinski definition) is 3. The standard InChI is InChI=1S/C15H21N3O3/c1-10-9-11(14(19)20)3-6-13(10)18-15(21)17-8-2-7-16-12-4-5-12/h3,6,9,12,16H,2,4-5,7-8H2,1H3,(H,19,20)(H2,17,18,21). The molecule has 0 radical (unpaired) electrons. The van der Waals surface area contributed by atoms with Crippen LogP contribution in [0.5, 0.6) is 0 Å². The van der Waals surface area contributed by atoms with Gasteiger partial charge in [0.2, 0.25) is 0 Å². The van der Waals surface area contributed by atoms with Crippen molar-refractivity contribution in [2.75, 3.05) is 18.4 Å². The highest BCUT2D eigenvalue weighted by atomic mass is 16.4. The Morgan fingerprint density at radius 2 is 2.05 bits per heavy atom. The van der Waals surface area contributed by atoms with Crippen molar-refractivity contribution in [1.29, 1.82) is 0 Å². The second-order valence-electron chi connectivity index (χ2n) is 5.30. The first-order valence-corrected chi connectivity index (χ1v) is 7.18. The molecule has 21 heavy (non-hydrogen) atoms. The first-order valence-electron chi connectivity index (χ1n) is 7.18. The van der Waals surface area contributed by atoms with Crippen molar-refractivity contribution >= 4 is 17.7 Å². The maximum Gasteiger partial charge on any atom is 0.335 e. The first-order chi connectivity index (χ1) is 10.1. The molecule has 1 aliphatic carbocycles. The van der Waals surface area contributed by atoms with Crippen LogP contribution in [0.1, 0.15) is 35.2 Å². The van der Waals surface area contributed by atoms with Gasteiger partial charge >= 0.3 is 12.0 Å². The number of carbonyl (C=O) groups excluding carboxylic acids is 1. The number of benzene rings is 1. The molecule has 1 aliphatic rings. The summed E-state index contributed by atoms with van der Waals surface area (Å²) < 4.78 is 0. The maximum absolute atomic E-state index is 11.7. The summed E-state index contributed by atoms with van der Waals surface area (Å²) in [5, 5.41) is 17.8. The molecule has 1 saturated carbocycles. The summed E-state index contributed by atoms with van der Waals surface area (Å²) in [5.41, 5.74) is 1.55. The van der Waals surface area contributed by atoms with E-state index in [9.17, 15) is 9.59 Å². The fraction of sp³-hybridized carbons (Fsp3) is 0.467. The van der Waals surface area contributed by atoms with Crippen LogP contribution >= 0.6 is 0 Å². The van der Waals surface area contributed by atoms with Crippen LogP contribution in [0.25, 0.3) is 0 Å². The highest BCUT2D eigenvalue weighted by molar-refractivity contribution is 5.92. The van der Waals surface area contributed by atoms with E-state index in [-0.39, 0.29) is 11.6 Å². The van der Waals surface area contributed by atoms with Crippen molar-refractivity contribution in [1.82, 2.24) is 10.6 Å². The van der Waals surface area contributed by atoms with Gasteiger partial charge in [-0.2, -0.15) is 0 Å². The fourth-order valence-corrected chi connectivity index (χ4v) is 1.99. The molecular formula is C15H21N3O3. The largest absolute Gasteiger partial charge is 0.478 e. The number of nitrogens with one attached hydrogen (secondary N) is 3. The van der Waals surface area contributed by atoms with Crippen molar-refractivity contribution < 1.29 is 14.7 Å². The van der Waals surface area contributed by atoms with Crippen LogP contribution in [0.3, 0.4) is 0 Å². The van der Waals surface area contributed by atoms with Gasteiger partial charge in [-0.15, -0.1) is 0 Å².